The first-order valence-corrected chi connectivity index (χ1v) is 10.5. The maximum atomic E-state index is 13.5. The van der Waals surface area contributed by atoms with Gasteiger partial charge >= 0.3 is 0 Å². The number of pyridine rings is 1. The number of hydrogen-bond donors (Lipinski definition) is 0. The topological polar surface area (TPSA) is 39.7 Å². The number of aryl methyl sites for hydroxylation is 1. The van der Waals surface area contributed by atoms with Crippen LogP contribution in [0.3, 0.4) is 0 Å². The first kappa shape index (κ1) is 19.8. The quantitative estimate of drug-likeness (QED) is 0.796. The number of nitrogens with zero attached hydrogens (tertiary/aromatic N) is 4. The Bertz CT molecular complexity index is 836. The fourth-order valence-corrected chi connectivity index (χ4v) is 4.42. The first-order valence-electron chi connectivity index (χ1n) is 10.5. The van der Waals surface area contributed by atoms with E-state index in [2.05, 4.69) is 20.9 Å². The highest BCUT2D eigenvalue weighted by molar-refractivity contribution is 5.94. The van der Waals surface area contributed by atoms with Crippen molar-refractivity contribution in [2.75, 3.05) is 50.7 Å². The van der Waals surface area contributed by atoms with Crippen LogP contribution < -0.4 is 4.90 Å². The van der Waals surface area contributed by atoms with E-state index >= 15 is 0 Å². The number of hydrogen-bond acceptors (Lipinski definition) is 4. The summed E-state index contributed by atoms with van der Waals surface area (Å²) in [6.07, 6.45) is 4.04. The fourth-order valence-electron chi connectivity index (χ4n) is 4.42. The predicted octanol–water partition coefficient (Wildman–Crippen LogP) is 3.20. The smallest absolute Gasteiger partial charge is 0.253 e. The van der Waals surface area contributed by atoms with E-state index in [1.807, 2.05) is 23.2 Å². The highest BCUT2D eigenvalue weighted by Crippen LogP contribution is 2.22. The van der Waals surface area contributed by atoms with Gasteiger partial charge in [-0.15, -0.1) is 0 Å². The normalized spacial score (nSPS) is 20.7. The molecule has 0 saturated carbocycles. The van der Waals surface area contributed by atoms with Gasteiger partial charge in [0, 0.05) is 57.6 Å². The van der Waals surface area contributed by atoms with Gasteiger partial charge in [0.2, 0.25) is 0 Å². The molecule has 2 saturated heterocycles. The summed E-state index contributed by atoms with van der Waals surface area (Å²) < 4.78 is 13.5. The molecular weight excluding hydrogens is 367 g/mol. The minimum absolute atomic E-state index is 0.0257. The molecule has 6 heteroatoms. The number of amides is 1. The average Bonchev–Trinajstić information content (AvgIpc) is 2.76. The SMILES string of the molecule is Cc1cc(C(=O)N2CCCC(CN3CCN(c4ccccn4)CC3)C2)ccc1F. The lowest BCUT2D eigenvalue weighted by Gasteiger charge is -2.39. The molecule has 4 rings (SSSR count). The third kappa shape index (κ3) is 4.75. The number of piperazine rings is 1. The van der Waals surface area contributed by atoms with Gasteiger partial charge in [0.25, 0.3) is 5.91 Å². The van der Waals surface area contributed by atoms with Crippen LogP contribution in [0.5, 0.6) is 0 Å². The molecule has 29 heavy (non-hydrogen) atoms. The number of aromatic nitrogens is 1. The second-order valence-corrected chi connectivity index (χ2v) is 8.20. The van der Waals surface area contributed by atoms with E-state index in [0.29, 0.717) is 17.0 Å². The van der Waals surface area contributed by atoms with Crippen LogP contribution in [0, 0.1) is 18.7 Å². The second kappa shape index (κ2) is 8.91. The monoisotopic (exact) mass is 396 g/mol. The summed E-state index contributed by atoms with van der Waals surface area (Å²) >= 11 is 0. The van der Waals surface area contributed by atoms with Crippen molar-refractivity contribution in [1.82, 2.24) is 14.8 Å². The van der Waals surface area contributed by atoms with Gasteiger partial charge in [0.15, 0.2) is 0 Å². The molecule has 0 bridgehead atoms. The number of anilines is 1. The first-order chi connectivity index (χ1) is 14.1. The van der Waals surface area contributed by atoms with Crippen LogP contribution in [0.15, 0.2) is 42.6 Å². The van der Waals surface area contributed by atoms with Gasteiger partial charge in [-0.1, -0.05) is 6.07 Å². The number of likely N-dealkylation sites (tertiary alicyclic amines) is 1. The van der Waals surface area contributed by atoms with Gasteiger partial charge in [-0.3, -0.25) is 9.69 Å². The zero-order valence-corrected chi connectivity index (χ0v) is 17.1. The molecule has 154 valence electrons. The predicted molar refractivity (Wildman–Crippen MR) is 113 cm³/mol. The van der Waals surface area contributed by atoms with Gasteiger partial charge in [0.05, 0.1) is 0 Å². The van der Waals surface area contributed by atoms with E-state index in [-0.39, 0.29) is 11.7 Å². The summed E-state index contributed by atoms with van der Waals surface area (Å²) in [4.78, 5) is 24.1. The zero-order valence-electron chi connectivity index (χ0n) is 17.1. The van der Waals surface area contributed by atoms with Crippen molar-refractivity contribution in [3.8, 4) is 0 Å². The third-order valence-corrected chi connectivity index (χ3v) is 6.07. The van der Waals surface area contributed by atoms with Crippen LogP contribution in [-0.4, -0.2) is 66.5 Å². The Balaban J connectivity index is 1.30. The minimum Gasteiger partial charge on any atom is -0.354 e. The Labute approximate surface area is 172 Å². The van der Waals surface area contributed by atoms with Crippen LogP contribution in [0.2, 0.25) is 0 Å². The Morgan fingerprint density at radius 2 is 1.97 bits per heavy atom. The molecule has 1 aromatic carbocycles. The van der Waals surface area contributed by atoms with Crippen molar-refractivity contribution in [1.29, 1.82) is 0 Å². The Morgan fingerprint density at radius 3 is 2.69 bits per heavy atom. The van der Waals surface area contributed by atoms with E-state index in [9.17, 15) is 9.18 Å². The van der Waals surface area contributed by atoms with Crippen molar-refractivity contribution >= 4 is 11.7 Å². The van der Waals surface area contributed by atoms with Crippen LogP contribution in [-0.2, 0) is 0 Å². The molecule has 1 amide bonds. The number of benzene rings is 1. The minimum atomic E-state index is -0.261. The molecule has 1 aromatic heterocycles. The van der Waals surface area contributed by atoms with Crippen LogP contribution in [0.25, 0.3) is 0 Å². The molecule has 2 aliphatic rings. The van der Waals surface area contributed by atoms with Crippen LogP contribution in [0.1, 0.15) is 28.8 Å². The maximum absolute atomic E-state index is 13.5. The lowest BCUT2D eigenvalue weighted by atomic mass is 9.96. The molecule has 3 heterocycles. The standard InChI is InChI=1S/C23H29FN4O/c1-18-15-20(7-8-21(18)24)23(29)28-10-4-5-19(17-28)16-26-11-13-27(14-12-26)22-6-2-3-9-25-22/h2-3,6-9,15,19H,4-5,10-14,16-17H2,1H3. The molecule has 1 unspecified atom stereocenters. The van der Waals surface area contributed by atoms with Gasteiger partial charge in [-0.2, -0.15) is 0 Å². The number of carbonyl (C=O) groups is 1. The summed E-state index contributed by atoms with van der Waals surface area (Å²) in [5, 5.41) is 0. The summed E-state index contributed by atoms with van der Waals surface area (Å²) in [5.74, 6) is 1.31. The fraction of sp³-hybridized carbons (Fsp3) is 0.478. The zero-order chi connectivity index (χ0) is 20.2. The van der Waals surface area contributed by atoms with Crippen molar-refractivity contribution in [2.24, 2.45) is 5.92 Å². The molecule has 0 spiro atoms. The van der Waals surface area contributed by atoms with E-state index in [1.165, 1.54) is 6.07 Å². The Morgan fingerprint density at radius 1 is 1.14 bits per heavy atom. The highest BCUT2D eigenvalue weighted by atomic mass is 19.1. The molecule has 0 radical (unpaired) electrons. The molecule has 2 aliphatic heterocycles. The summed E-state index contributed by atoms with van der Waals surface area (Å²) in [6, 6.07) is 10.7. The van der Waals surface area contributed by atoms with E-state index in [0.717, 1.165) is 64.5 Å². The Kier molecular flexibility index (Phi) is 6.09. The lowest BCUT2D eigenvalue weighted by molar-refractivity contribution is 0.0637. The highest BCUT2D eigenvalue weighted by Gasteiger charge is 2.27. The van der Waals surface area contributed by atoms with Gasteiger partial charge in [0.1, 0.15) is 11.6 Å². The molecular formula is C23H29FN4O. The summed E-state index contributed by atoms with van der Waals surface area (Å²) in [6.45, 7) is 8.34. The van der Waals surface area contributed by atoms with Crippen LogP contribution >= 0.6 is 0 Å². The lowest BCUT2D eigenvalue weighted by Crippen LogP contribution is -2.50. The van der Waals surface area contributed by atoms with Gasteiger partial charge in [-0.25, -0.2) is 9.37 Å². The molecule has 1 atom stereocenters. The third-order valence-electron chi connectivity index (χ3n) is 6.07. The van der Waals surface area contributed by atoms with Crippen molar-refractivity contribution in [2.45, 2.75) is 19.8 Å². The molecule has 0 N–H and O–H groups in total. The van der Waals surface area contributed by atoms with Crippen LogP contribution in [0.4, 0.5) is 10.2 Å². The molecule has 5 nitrogen and oxygen atoms in total. The second-order valence-electron chi connectivity index (χ2n) is 8.20. The van der Waals surface area contributed by atoms with E-state index in [4.69, 9.17) is 0 Å². The Hall–Kier alpha value is -2.47. The number of carbonyl (C=O) groups excluding carboxylic acids is 1. The maximum Gasteiger partial charge on any atom is 0.253 e. The number of halogens is 1. The van der Waals surface area contributed by atoms with Gasteiger partial charge < -0.3 is 9.80 Å². The van der Waals surface area contributed by atoms with Crippen molar-refractivity contribution < 1.29 is 9.18 Å². The largest absolute Gasteiger partial charge is 0.354 e. The molecule has 2 fully saturated rings. The number of rotatable bonds is 4. The summed E-state index contributed by atoms with van der Waals surface area (Å²) in [5.41, 5.74) is 1.11. The number of piperidine rings is 1. The van der Waals surface area contributed by atoms with E-state index < -0.39 is 0 Å². The average molecular weight is 397 g/mol. The van der Waals surface area contributed by atoms with Crippen molar-refractivity contribution in [3.63, 3.8) is 0 Å². The van der Waals surface area contributed by atoms with Crippen molar-refractivity contribution in [3.05, 3.63) is 59.5 Å². The van der Waals surface area contributed by atoms with E-state index in [1.54, 1.807) is 19.1 Å². The summed E-state index contributed by atoms with van der Waals surface area (Å²) in [7, 11) is 0. The van der Waals surface area contributed by atoms with Gasteiger partial charge in [-0.05, 0) is 61.6 Å². The molecule has 0 aliphatic carbocycles. The molecule has 2 aromatic rings.